The lowest BCUT2D eigenvalue weighted by molar-refractivity contribution is 0.815. The molecule has 13 heavy (non-hydrogen) atoms. The highest BCUT2D eigenvalue weighted by atomic mass is 28.3. The molecule has 0 aromatic carbocycles. The van der Waals surface area contributed by atoms with Crippen molar-refractivity contribution >= 4 is 8.07 Å². The number of unbranched alkanes of at least 4 members (excludes halogenated alkanes) is 2. The Bertz CT molecular complexity index is 179. The van der Waals surface area contributed by atoms with Gasteiger partial charge in [0.05, 0.1) is 0 Å². The summed E-state index contributed by atoms with van der Waals surface area (Å²) >= 11 is 0. The van der Waals surface area contributed by atoms with Crippen LogP contribution in [-0.4, -0.2) is 8.07 Å². The average Bonchev–Trinajstić information content (AvgIpc) is 2.20. The molecule has 0 heterocycles. The maximum atomic E-state index is 3.84. The van der Waals surface area contributed by atoms with Gasteiger partial charge in [0.2, 0.25) is 0 Å². The molecule has 0 aliphatic heterocycles. The van der Waals surface area contributed by atoms with E-state index < -0.39 is 8.07 Å². The zero-order valence-corrected chi connectivity index (χ0v) is 9.63. The Morgan fingerprint density at radius 3 is 2.00 bits per heavy atom. The lowest BCUT2D eigenvalue weighted by Crippen LogP contribution is -2.23. The van der Waals surface area contributed by atoms with E-state index in [0.717, 1.165) is 6.42 Å². The number of allylic oxidation sites excluding steroid dienone is 1. The van der Waals surface area contributed by atoms with Crippen LogP contribution in [0.4, 0.5) is 0 Å². The van der Waals surface area contributed by atoms with E-state index >= 15 is 0 Å². The average molecular weight is 192 g/mol. The minimum Gasteiger partial charge on any atom is -0.106 e. The van der Waals surface area contributed by atoms with E-state index in [9.17, 15) is 0 Å². The molecule has 0 saturated heterocycles. The van der Waals surface area contributed by atoms with Gasteiger partial charge in [-0.1, -0.05) is 48.6 Å². The normalized spacial score (nSPS) is 11.5. The molecule has 0 fully saturated rings. The van der Waals surface area contributed by atoms with Gasteiger partial charge < -0.3 is 0 Å². The molecule has 1 heteroatoms. The number of rotatable bonds is 7. The summed E-state index contributed by atoms with van der Waals surface area (Å²) in [5, 5.41) is 0. The van der Waals surface area contributed by atoms with Gasteiger partial charge in [0.1, 0.15) is 8.07 Å². The minimum atomic E-state index is -1.66. The summed E-state index contributed by atoms with van der Waals surface area (Å²) in [6.07, 6.45) is 5.89. The van der Waals surface area contributed by atoms with Crippen LogP contribution in [0, 0.1) is 0 Å². The van der Waals surface area contributed by atoms with E-state index in [1.54, 1.807) is 0 Å². The third-order valence-electron chi connectivity index (χ3n) is 2.19. The third-order valence-corrected chi connectivity index (χ3v) is 5.13. The van der Waals surface area contributed by atoms with Crippen LogP contribution >= 0.6 is 0 Å². The Morgan fingerprint density at radius 1 is 1.08 bits per heavy atom. The summed E-state index contributed by atoms with van der Waals surface area (Å²) in [6, 6.07) is 0. The molecule has 0 aliphatic rings. The van der Waals surface area contributed by atoms with Gasteiger partial charge in [-0.25, -0.2) is 0 Å². The fraction of sp³-hybridized carbons (Fsp3) is 0.333. The van der Waals surface area contributed by atoms with Gasteiger partial charge in [0.25, 0.3) is 0 Å². The fourth-order valence-electron chi connectivity index (χ4n) is 1.06. The lowest BCUT2D eigenvalue weighted by atomic mass is 10.2. The summed E-state index contributed by atoms with van der Waals surface area (Å²) in [6.45, 7) is 13.7. The van der Waals surface area contributed by atoms with Crippen molar-refractivity contribution in [2.75, 3.05) is 0 Å². The van der Waals surface area contributed by atoms with Crippen molar-refractivity contribution in [3.8, 4) is 0 Å². The van der Waals surface area contributed by atoms with Crippen LogP contribution in [-0.2, 0) is 0 Å². The lowest BCUT2D eigenvalue weighted by Gasteiger charge is -2.13. The van der Waals surface area contributed by atoms with E-state index in [0.29, 0.717) is 0 Å². The summed E-state index contributed by atoms with van der Waals surface area (Å²) in [4.78, 5) is 0. The van der Waals surface area contributed by atoms with Crippen LogP contribution in [0.1, 0.15) is 26.2 Å². The molecule has 0 saturated carbocycles. The van der Waals surface area contributed by atoms with Crippen LogP contribution in [0.2, 0.25) is 0 Å². The molecule has 72 valence electrons. The van der Waals surface area contributed by atoms with Crippen molar-refractivity contribution in [1.29, 1.82) is 0 Å². The second-order valence-corrected chi connectivity index (χ2v) is 6.72. The number of hydrogen-bond acceptors (Lipinski definition) is 0. The standard InChI is InChI=1S/C12H20Si/c1-5-9-10-11-12-13(6-2,7-3)8-4/h6-8,11-12H,2-5,9-10H2,1H3. The largest absolute Gasteiger partial charge is 0.148 e. The van der Waals surface area contributed by atoms with Crippen molar-refractivity contribution in [2.45, 2.75) is 26.2 Å². The van der Waals surface area contributed by atoms with Crippen LogP contribution in [0.25, 0.3) is 0 Å². The van der Waals surface area contributed by atoms with Crippen molar-refractivity contribution in [3.63, 3.8) is 0 Å². The molecule has 0 N–H and O–H groups in total. The Morgan fingerprint density at radius 2 is 1.62 bits per heavy atom. The monoisotopic (exact) mass is 192 g/mol. The van der Waals surface area contributed by atoms with E-state index in [4.69, 9.17) is 0 Å². The molecule has 0 amide bonds. The Balaban J connectivity index is 4.24. The Labute approximate surface area is 83.4 Å². The third kappa shape index (κ3) is 4.09. The van der Waals surface area contributed by atoms with Gasteiger partial charge in [-0.3, -0.25) is 0 Å². The fourth-order valence-corrected chi connectivity index (χ4v) is 2.55. The predicted molar refractivity (Wildman–Crippen MR) is 65.0 cm³/mol. The molecule has 0 radical (unpaired) electrons. The zero-order chi connectivity index (χ0) is 10.2. The minimum absolute atomic E-state index is 1.15. The van der Waals surface area contributed by atoms with Crippen molar-refractivity contribution in [1.82, 2.24) is 0 Å². The molecule has 0 aromatic rings. The van der Waals surface area contributed by atoms with Gasteiger partial charge in [-0.05, 0) is 6.42 Å². The maximum Gasteiger partial charge on any atom is 0.148 e. The molecule has 0 rings (SSSR count). The molecule has 0 atom stereocenters. The molecular weight excluding hydrogens is 172 g/mol. The second-order valence-electron chi connectivity index (χ2n) is 3.16. The quantitative estimate of drug-likeness (QED) is 0.424. The molecule has 0 nitrogen and oxygen atoms in total. The van der Waals surface area contributed by atoms with Gasteiger partial charge in [0.15, 0.2) is 0 Å². The maximum absolute atomic E-state index is 3.84. The van der Waals surface area contributed by atoms with Crippen molar-refractivity contribution in [2.24, 2.45) is 0 Å². The summed E-state index contributed by atoms with van der Waals surface area (Å²) in [7, 11) is -1.66. The van der Waals surface area contributed by atoms with Crippen LogP contribution in [0.3, 0.4) is 0 Å². The van der Waals surface area contributed by atoms with E-state index in [-0.39, 0.29) is 0 Å². The van der Waals surface area contributed by atoms with Gasteiger partial charge in [0, 0.05) is 0 Å². The summed E-state index contributed by atoms with van der Waals surface area (Å²) in [5.74, 6) is 0. The smallest absolute Gasteiger partial charge is 0.106 e. The highest BCUT2D eigenvalue weighted by molar-refractivity contribution is 6.97. The van der Waals surface area contributed by atoms with Crippen LogP contribution in [0.15, 0.2) is 48.6 Å². The highest BCUT2D eigenvalue weighted by Gasteiger charge is 2.16. The summed E-state index contributed by atoms with van der Waals surface area (Å²) in [5.41, 5.74) is 8.23. The zero-order valence-electron chi connectivity index (χ0n) is 8.63. The molecule has 0 bridgehead atoms. The molecular formula is C12H20Si. The second kappa shape index (κ2) is 6.67. The molecule has 0 aromatic heterocycles. The van der Waals surface area contributed by atoms with E-state index in [1.165, 1.54) is 12.8 Å². The first-order chi connectivity index (χ1) is 6.24. The van der Waals surface area contributed by atoms with Crippen molar-refractivity contribution in [3.05, 3.63) is 48.6 Å². The van der Waals surface area contributed by atoms with E-state index in [2.05, 4.69) is 38.4 Å². The number of hydrogen-bond donors (Lipinski definition) is 0. The SMILES string of the molecule is C=C[Si](C=C)(C=C)C=CCCCC. The molecule has 0 unspecified atom stereocenters. The Kier molecular flexibility index (Phi) is 6.24. The molecule has 0 spiro atoms. The van der Waals surface area contributed by atoms with E-state index in [1.807, 2.05) is 17.1 Å². The topological polar surface area (TPSA) is 0 Å². The first-order valence-corrected chi connectivity index (χ1v) is 7.14. The molecule has 0 aliphatic carbocycles. The first-order valence-electron chi connectivity index (χ1n) is 4.83. The van der Waals surface area contributed by atoms with Gasteiger partial charge in [-0.2, -0.15) is 0 Å². The predicted octanol–water partition coefficient (Wildman–Crippen LogP) is 3.90. The first kappa shape index (κ1) is 12.2. The van der Waals surface area contributed by atoms with Crippen molar-refractivity contribution < 1.29 is 0 Å². The van der Waals surface area contributed by atoms with Gasteiger partial charge in [-0.15, -0.1) is 19.7 Å². The van der Waals surface area contributed by atoms with Crippen LogP contribution in [0.5, 0.6) is 0 Å². The van der Waals surface area contributed by atoms with Gasteiger partial charge >= 0.3 is 0 Å². The summed E-state index contributed by atoms with van der Waals surface area (Å²) < 4.78 is 0. The highest BCUT2D eigenvalue weighted by Crippen LogP contribution is 2.10. The van der Waals surface area contributed by atoms with Crippen LogP contribution < -0.4 is 0 Å². The Hall–Kier alpha value is -0.823.